The summed E-state index contributed by atoms with van der Waals surface area (Å²) in [7, 11) is 0. The molecule has 0 unspecified atom stereocenters. The lowest BCUT2D eigenvalue weighted by molar-refractivity contribution is -0.105. The number of rotatable bonds is 5. The summed E-state index contributed by atoms with van der Waals surface area (Å²) in [6, 6.07) is 6.14. The van der Waals surface area contributed by atoms with Gasteiger partial charge in [-0.25, -0.2) is 0 Å². The van der Waals surface area contributed by atoms with Crippen LogP contribution in [0.15, 0.2) is 23.1 Å². The number of benzene rings is 1. The molecule has 0 atom stereocenters. The molecule has 0 saturated heterocycles. The molecule has 0 heterocycles. The molecule has 0 spiro atoms. The number of nitrogens with one attached hydrogen (secondary N) is 1. The van der Waals surface area contributed by atoms with Crippen LogP contribution in [0.4, 0.5) is 5.69 Å². The molecule has 14 heavy (non-hydrogen) atoms. The van der Waals surface area contributed by atoms with Crippen LogP contribution >= 0.6 is 11.8 Å². The average Bonchev–Trinajstić information content (AvgIpc) is 2.21. The molecule has 1 rings (SSSR count). The Morgan fingerprint density at radius 2 is 2.21 bits per heavy atom. The number of carbonyl (C=O) groups is 1. The van der Waals surface area contributed by atoms with Gasteiger partial charge in [0.15, 0.2) is 0 Å². The highest BCUT2D eigenvalue weighted by Crippen LogP contribution is 2.24. The van der Waals surface area contributed by atoms with Gasteiger partial charge < -0.3 is 5.32 Å². The number of aryl methyl sites for hydroxylation is 1. The molecule has 0 bridgehead atoms. The predicted octanol–water partition coefficient (Wildman–Crippen LogP) is 2.93. The summed E-state index contributed by atoms with van der Waals surface area (Å²) in [6.07, 6.45) is 1.66. The van der Waals surface area contributed by atoms with Gasteiger partial charge in [-0.15, -0.1) is 11.8 Å². The van der Waals surface area contributed by atoms with Crippen molar-refractivity contribution in [2.45, 2.75) is 25.2 Å². The Balaban J connectivity index is 2.92. The monoisotopic (exact) mass is 209 g/mol. The second-order valence-electron chi connectivity index (χ2n) is 2.87. The highest BCUT2D eigenvalue weighted by Gasteiger charge is 2.01. The maximum absolute atomic E-state index is 10.3. The quantitative estimate of drug-likeness (QED) is 0.596. The third-order valence-electron chi connectivity index (χ3n) is 1.98. The van der Waals surface area contributed by atoms with Gasteiger partial charge in [-0.3, -0.25) is 4.79 Å². The van der Waals surface area contributed by atoms with Crippen molar-refractivity contribution in [3.05, 3.63) is 23.8 Å². The number of hydrogen-bond donors (Lipinski definition) is 1. The average molecular weight is 209 g/mol. The molecule has 0 saturated carbocycles. The second-order valence-corrected chi connectivity index (χ2v) is 4.21. The number of thioether (sulfide) groups is 1. The van der Waals surface area contributed by atoms with Crippen LogP contribution in [0.1, 0.15) is 19.4 Å². The van der Waals surface area contributed by atoms with Crippen LogP contribution in [0.5, 0.6) is 0 Å². The number of amides is 1. The fourth-order valence-electron chi connectivity index (χ4n) is 1.32. The van der Waals surface area contributed by atoms with E-state index in [1.54, 1.807) is 0 Å². The zero-order valence-electron chi connectivity index (χ0n) is 8.54. The lowest BCUT2D eigenvalue weighted by Crippen LogP contribution is -1.98. The molecule has 1 N–H and O–H groups in total. The van der Waals surface area contributed by atoms with Gasteiger partial charge in [-0.05, 0) is 35.9 Å². The van der Waals surface area contributed by atoms with Crippen molar-refractivity contribution in [3.63, 3.8) is 0 Å². The van der Waals surface area contributed by atoms with E-state index in [1.807, 2.05) is 23.9 Å². The summed E-state index contributed by atoms with van der Waals surface area (Å²) in [5.41, 5.74) is 2.11. The first kappa shape index (κ1) is 11.1. The molecular formula is C11H15NOS. The minimum atomic E-state index is 0.723. The summed E-state index contributed by atoms with van der Waals surface area (Å²) < 4.78 is 0. The van der Waals surface area contributed by atoms with Gasteiger partial charge in [0.1, 0.15) is 0 Å². The van der Waals surface area contributed by atoms with E-state index in [0.29, 0.717) is 0 Å². The van der Waals surface area contributed by atoms with Crippen molar-refractivity contribution < 1.29 is 4.79 Å². The molecule has 3 heteroatoms. The Kier molecular flexibility index (Phi) is 4.53. The Hall–Kier alpha value is -0.960. The predicted molar refractivity (Wildman–Crippen MR) is 61.9 cm³/mol. The maximum atomic E-state index is 10.3. The third-order valence-corrected chi connectivity index (χ3v) is 2.86. The van der Waals surface area contributed by atoms with Gasteiger partial charge in [-0.2, -0.15) is 0 Å². The van der Waals surface area contributed by atoms with E-state index in [0.717, 1.165) is 24.3 Å². The Labute approximate surface area is 89.1 Å². The van der Waals surface area contributed by atoms with E-state index in [9.17, 15) is 4.79 Å². The van der Waals surface area contributed by atoms with Crippen LogP contribution < -0.4 is 5.32 Å². The number of carbonyl (C=O) groups excluding carboxylic acids is 1. The fraction of sp³-hybridized carbons (Fsp3) is 0.364. The molecule has 1 aromatic carbocycles. The highest BCUT2D eigenvalue weighted by atomic mass is 32.2. The number of anilines is 1. The van der Waals surface area contributed by atoms with Crippen LogP contribution in [-0.4, -0.2) is 12.2 Å². The zero-order valence-corrected chi connectivity index (χ0v) is 9.36. The summed E-state index contributed by atoms with van der Waals surface area (Å²) >= 11 is 1.82. The summed E-state index contributed by atoms with van der Waals surface area (Å²) in [6.45, 7) is 4.22. The summed E-state index contributed by atoms with van der Waals surface area (Å²) in [5.74, 6) is 1.07. The minimum Gasteiger partial charge on any atom is -0.328 e. The SMILES string of the molecule is CCSc1ccc(NC=O)c(CC)c1. The standard InChI is InChI=1S/C11H15NOS/c1-3-9-7-10(14-4-2)5-6-11(9)12-8-13/h5-8H,3-4H2,1-2H3,(H,12,13). The Morgan fingerprint density at radius 3 is 2.79 bits per heavy atom. The van der Waals surface area contributed by atoms with Crippen molar-refractivity contribution in [3.8, 4) is 0 Å². The van der Waals surface area contributed by atoms with Crippen molar-refractivity contribution >= 4 is 23.9 Å². The molecular weight excluding hydrogens is 194 g/mol. The van der Waals surface area contributed by atoms with Crippen molar-refractivity contribution in [2.75, 3.05) is 11.1 Å². The van der Waals surface area contributed by atoms with Crippen molar-refractivity contribution in [1.82, 2.24) is 0 Å². The maximum Gasteiger partial charge on any atom is 0.211 e. The molecule has 0 radical (unpaired) electrons. The molecule has 1 aromatic rings. The first-order valence-electron chi connectivity index (χ1n) is 4.77. The lowest BCUT2D eigenvalue weighted by atomic mass is 10.1. The molecule has 0 aliphatic heterocycles. The smallest absolute Gasteiger partial charge is 0.211 e. The van der Waals surface area contributed by atoms with Gasteiger partial charge in [0, 0.05) is 10.6 Å². The Bertz CT molecular complexity index is 312. The zero-order chi connectivity index (χ0) is 10.4. The normalized spacial score (nSPS) is 9.86. The first-order valence-corrected chi connectivity index (χ1v) is 5.76. The first-order chi connectivity index (χ1) is 6.81. The number of hydrogen-bond acceptors (Lipinski definition) is 2. The molecule has 2 nitrogen and oxygen atoms in total. The second kappa shape index (κ2) is 5.70. The van der Waals surface area contributed by atoms with E-state index in [-0.39, 0.29) is 0 Å². The topological polar surface area (TPSA) is 29.1 Å². The van der Waals surface area contributed by atoms with Gasteiger partial charge in [-0.1, -0.05) is 13.8 Å². The van der Waals surface area contributed by atoms with Crippen LogP contribution in [0.3, 0.4) is 0 Å². The fourth-order valence-corrected chi connectivity index (χ4v) is 2.05. The third kappa shape index (κ3) is 2.77. The lowest BCUT2D eigenvalue weighted by Gasteiger charge is -2.08. The van der Waals surface area contributed by atoms with Crippen LogP contribution in [-0.2, 0) is 11.2 Å². The highest BCUT2D eigenvalue weighted by molar-refractivity contribution is 7.99. The van der Waals surface area contributed by atoms with E-state index in [4.69, 9.17) is 0 Å². The molecule has 76 valence electrons. The van der Waals surface area contributed by atoms with Gasteiger partial charge in [0.2, 0.25) is 6.41 Å². The van der Waals surface area contributed by atoms with Gasteiger partial charge in [0.05, 0.1) is 0 Å². The van der Waals surface area contributed by atoms with Crippen molar-refractivity contribution in [2.24, 2.45) is 0 Å². The Morgan fingerprint density at radius 1 is 1.43 bits per heavy atom. The van der Waals surface area contributed by atoms with E-state index in [2.05, 4.69) is 25.2 Å². The molecule has 0 aliphatic carbocycles. The van der Waals surface area contributed by atoms with Crippen LogP contribution in [0.2, 0.25) is 0 Å². The van der Waals surface area contributed by atoms with Crippen molar-refractivity contribution in [1.29, 1.82) is 0 Å². The molecule has 0 fully saturated rings. The van der Waals surface area contributed by atoms with E-state index < -0.39 is 0 Å². The summed E-state index contributed by atoms with van der Waals surface area (Å²) in [4.78, 5) is 11.6. The van der Waals surface area contributed by atoms with Crippen LogP contribution in [0.25, 0.3) is 0 Å². The molecule has 0 aromatic heterocycles. The minimum absolute atomic E-state index is 0.723. The molecule has 0 aliphatic rings. The van der Waals surface area contributed by atoms with Crippen LogP contribution in [0, 0.1) is 0 Å². The van der Waals surface area contributed by atoms with E-state index >= 15 is 0 Å². The van der Waals surface area contributed by atoms with Gasteiger partial charge >= 0.3 is 0 Å². The van der Waals surface area contributed by atoms with E-state index in [1.165, 1.54) is 10.5 Å². The molecule has 1 amide bonds. The van der Waals surface area contributed by atoms with Gasteiger partial charge in [0.25, 0.3) is 0 Å². The summed E-state index contributed by atoms with van der Waals surface area (Å²) in [5, 5.41) is 2.71. The largest absolute Gasteiger partial charge is 0.328 e.